The average molecular weight is 123 g/mol. The lowest BCUT2D eigenvalue weighted by Gasteiger charge is -2.02. The molecule has 52 valence electrons. The van der Waals surface area contributed by atoms with Gasteiger partial charge in [0.2, 0.25) is 0 Å². The van der Waals surface area contributed by atoms with E-state index < -0.39 is 0 Å². The lowest BCUT2D eigenvalue weighted by atomic mass is 10.2. The molecule has 0 spiro atoms. The van der Waals surface area contributed by atoms with Crippen LogP contribution in [0.3, 0.4) is 0 Å². The molecule has 0 amide bonds. The second kappa shape index (κ2) is 6.84. The second-order valence-corrected chi connectivity index (χ2v) is 1.41. The van der Waals surface area contributed by atoms with E-state index >= 15 is 0 Å². The molecular weight excluding hydrogens is 110 g/mol. The van der Waals surface area contributed by atoms with Crippen LogP contribution in [0.4, 0.5) is 0 Å². The third-order valence-electron chi connectivity index (χ3n) is 0.775. The molecule has 0 fully saturated rings. The SMILES string of the molecule is N.OCC(CO)CO. The molecule has 0 saturated carbocycles. The van der Waals surface area contributed by atoms with E-state index in [2.05, 4.69) is 0 Å². The smallest absolute Gasteiger partial charge is 0.0503 e. The Morgan fingerprint density at radius 1 is 0.875 bits per heavy atom. The maximum Gasteiger partial charge on any atom is 0.0503 e. The van der Waals surface area contributed by atoms with E-state index in [-0.39, 0.29) is 31.9 Å². The van der Waals surface area contributed by atoms with Gasteiger partial charge in [-0.15, -0.1) is 0 Å². The zero-order valence-corrected chi connectivity index (χ0v) is 4.75. The first kappa shape index (κ1) is 10.8. The Morgan fingerprint density at radius 3 is 1.12 bits per heavy atom. The molecule has 8 heavy (non-hydrogen) atoms. The van der Waals surface area contributed by atoms with Gasteiger partial charge < -0.3 is 21.5 Å². The summed E-state index contributed by atoms with van der Waals surface area (Å²) in [5, 5.41) is 24.6. The van der Waals surface area contributed by atoms with E-state index in [9.17, 15) is 0 Å². The maximum atomic E-state index is 8.21. The average Bonchev–Trinajstić information content (AvgIpc) is 1.72. The molecule has 0 rings (SSSR count). The van der Waals surface area contributed by atoms with Crippen molar-refractivity contribution in [2.45, 2.75) is 0 Å². The molecule has 0 radical (unpaired) electrons. The van der Waals surface area contributed by atoms with Crippen molar-refractivity contribution in [3.8, 4) is 0 Å². The number of aliphatic hydroxyl groups is 3. The van der Waals surface area contributed by atoms with Gasteiger partial charge in [0.15, 0.2) is 0 Å². The summed E-state index contributed by atoms with van der Waals surface area (Å²) in [5.41, 5.74) is 0. The number of rotatable bonds is 3. The Balaban J connectivity index is 0. The van der Waals surface area contributed by atoms with Gasteiger partial charge in [0.25, 0.3) is 0 Å². The summed E-state index contributed by atoms with van der Waals surface area (Å²) < 4.78 is 0. The predicted octanol–water partition coefficient (Wildman–Crippen LogP) is -1.26. The van der Waals surface area contributed by atoms with Crippen molar-refractivity contribution in [3.63, 3.8) is 0 Å². The van der Waals surface area contributed by atoms with Crippen LogP contribution in [-0.4, -0.2) is 35.1 Å². The highest BCUT2D eigenvalue weighted by Crippen LogP contribution is 1.87. The molecule has 0 aliphatic rings. The molecule has 0 aromatic heterocycles. The van der Waals surface area contributed by atoms with Crippen molar-refractivity contribution in [3.05, 3.63) is 0 Å². The first-order valence-corrected chi connectivity index (χ1v) is 2.17. The van der Waals surface area contributed by atoms with Gasteiger partial charge in [-0.05, 0) is 0 Å². The van der Waals surface area contributed by atoms with Crippen LogP contribution in [-0.2, 0) is 0 Å². The van der Waals surface area contributed by atoms with Gasteiger partial charge in [-0.1, -0.05) is 0 Å². The van der Waals surface area contributed by atoms with Crippen molar-refractivity contribution < 1.29 is 15.3 Å². The Labute approximate surface area is 48.4 Å². The zero-order valence-electron chi connectivity index (χ0n) is 4.75. The van der Waals surface area contributed by atoms with Crippen LogP contribution in [0.25, 0.3) is 0 Å². The molecule has 6 N–H and O–H groups in total. The minimum Gasteiger partial charge on any atom is -0.396 e. The fourth-order valence-electron chi connectivity index (χ4n) is 0.173. The van der Waals surface area contributed by atoms with Crippen molar-refractivity contribution >= 4 is 0 Å². The molecule has 0 aliphatic heterocycles. The molecule has 0 heterocycles. The van der Waals surface area contributed by atoms with Gasteiger partial charge in [0.1, 0.15) is 0 Å². The van der Waals surface area contributed by atoms with Gasteiger partial charge >= 0.3 is 0 Å². The molecule has 0 aliphatic carbocycles. The summed E-state index contributed by atoms with van der Waals surface area (Å²) >= 11 is 0. The summed E-state index contributed by atoms with van der Waals surface area (Å²) in [6.45, 7) is -0.437. The fraction of sp³-hybridized carbons (Fsp3) is 1.00. The molecule has 0 aromatic rings. The van der Waals surface area contributed by atoms with E-state index in [0.717, 1.165) is 0 Å². The molecule has 0 bridgehead atoms. The zero-order chi connectivity index (χ0) is 5.70. The first-order chi connectivity index (χ1) is 3.35. The van der Waals surface area contributed by atoms with Crippen LogP contribution in [0.1, 0.15) is 0 Å². The summed E-state index contributed by atoms with van der Waals surface area (Å²) in [6.07, 6.45) is 0. The number of hydrogen-bond donors (Lipinski definition) is 4. The molecule has 0 saturated heterocycles. The lowest BCUT2D eigenvalue weighted by Crippen LogP contribution is -2.14. The highest BCUT2D eigenvalue weighted by atomic mass is 16.3. The summed E-state index contributed by atoms with van der Waals surface area (Å²) in [6, 6.07) is 0. The third kappa shape index (κ3) is 4.01. The first-order valence-electron chi connectivity index (χ1n) is 2.17. The minimum atomic E-state index is -0.347. The Bertz CT molecular complexity index is 32.8. The minimum absolute atomic E-state index is 0. The van der Waals surface area contributed by atoms with Gasteiger partial charge in [-0.2, -0.15) is 0 Å². The highest BCUT2D eigenvalue weighted by Gasteiger charge is 2.00. The molecule has 0 aromatic carbocycles. The van der Waals surface area contributed by atoms with Crippen molar-refractivity contribution in [1.29, 1.82) is 0 Å². The van der Waals surface area contributed by atoms with E-state index in [1.54, 1.807) is 0 Å². The summed E-state index contributed by atoms with van der Waals surface area (Å²) in [4.78, 5) is 0. The standard InChI is InChI=1S/C4H10O3.H3N/c5-1-4(2-6)3-7;/h4-7H,1-3H2;1H3. The lowest BCUT2D eigenvalue weighted by molar-refractivity contribution is 0.0969. The van der Waals surface area contributed by atoms with E-state index in [1.807, 2.05) is 0 Å². The molecule has 0 atom stereocenters. The molecular formula is C4H13NO3. The van der Waals surface area contributed by atoms with Crippen molar-refractivity contribution in [2.24, 2.45) is 5.92 Å². The van der Waals surface area contributed by atoms with Gasteiger partial charge in [0, 0.05) is 5.92 Å². The topological polar surface area (TPSA) is 95.7 Å². The summed E-state index contributed by atoms with van der Waals surface area (Å²) in [5.74, 6) is -0.347. The van der Waals surface area contributed by atoms with Crippen molar-refractivity contribution in [1.82, 2.24) is 6.15 Å². The van der Waals surface area contributed by atoms with Crippen LogP contribution in [0.2, 0.25) is 0 Å². The molecule has 0 unspecified atom stereocenters. The van der Waals surface area contributed by atoms with Crippen LogP contribution >= 0.6 is 0 Å². The van der Waals surface area contributed by atoms with E-state index in [4.69, 9.17) is 15.3 Å². The normalized spacial score (nSPS) is 9.00. The van der Waals surface area contributed by atoms with Crippen LogP contribution in [0.15, 0.2) is 0 Å². The quantitative estimate of drug-likeness (QED) is 0.376. The number of aliphatic hydroxyl groups excluding tert-OH is 3. The Kier molecular flexibility index (Phi) is 9.20. The maximum absolute atomic E-state index is 8.21. The predicted molar refractivity (Wildman–Crippen MR) is 29.8 cm³/mol. The molecule has 4 nitrogen and oxygen atoms in total. The second-order valence-electron chi connectivity index (χ2n) is 1.41. The van der Waals surface area contributed by atoms with E-state index in [1.165, 1.54) is 0 Å². The van der Waals surface area contributed by atoms with Crippen LogP contribution in [0, 0.1) is 5.92 Å². The van der Waals surface area contributed by atoms with Crippen LogP contribution < -0.4 is 6.15 Å². The Hall–Kier alpha value is -0.160. The summed E-state index contributed by atoms with van der Waals surface area (Å²) in [7, 11) is 0. The fourth-order valence-corrected chi connectivity index (χ4v) is 0.173. The Morgan fingerprint density at radius 2 is 1.12 bits per heavy atom. The number of hydrogen-bond acceptors (Lipinski definition) is 4. The monoisotopic (exact) mass is 123 g/mol. The van der Waals surface area contributed by atoms with Gasteiger partial charge in [0.05, 0.1) is 19.8 Å². The highest BCUT2D eigenvalue weighted by molar-refractivity contribution is 4.49. The van der Waals surface area contributed by atoms with Gasteiger partial charge in [-0.3, -0.25) is 0 Å². The molecule has 4 heteroatoms. The van der Waals surface area contributed by atoms with Crippen molar-refractivity contribution in [2.75, 3.05) is 19.8 Å². The van der Waals surface area contributed by atoms with E-state index in [0.29, 0.717) is 0 Å². The van der Waals surface area contributed by atoms with Gasteiger partial charge in [-0.25, -0.2) is 0 Å². The largest absolute Gasteiger partial charge is 0.396 e. The van der Waals surface area contributed by atoms with Crippen LogP contribution in [0.5, 0.6) is 0 Å². The third-order valence-corrected chi connectivity index (χ3v) is 0.775.